The third-order valence-electron chi connectivity index (χ3n) is 2.11. The van der Waals surface area contributed by atoms with Crippen molar-refractivity contribution in [1.82, 2.24) is 10.2 Å². The number of hydrogen-bond acceptors (Lipinski definition) is 2. The van der Waals surface area contributed by atoms with Gasteiger partial charge in [-0.2, -0.15) is 0 Å². The Morgan fingerprint density at radius 3 is 2.62 bits per heavy atom. The highest BCUT2D eigenvalue weighted by atomic mass is 15.1. The van der Waals surface area contributed by atoms with Crippen LogP contribution in [0.4, 0.5) is 0 Å². The van der Waals surface area contributed by atoms with Gasteiger partial charge in [-0.3, -0.25) is 0 Å². The Morgan fingerprint density at radius 1 is 1.31 bits per heavy atom. The van der Waals surface area contributed by atoms with E-state index in [1.54, 1.807) is 0 Å². The van der Waals surface area contributed by atoms with Crippen molar-refractivity contribution in [2.45, 2.75) is 26.7 Å². The first kappa shape index (κ1) is 12.5. The second-order valence-electron chi connectivity index (χ2n) is 3.17. The molecule has 0 rings (SSSR count). The normalized spacial score (nSPS) is 10.3. The minimum absolute atomic E-state index is 0.686. The zero-order chi connectivity index (χ0) is 9.94. The molecular formula is C11H22N2. The fourth-order valence-corrected chi connectivity index (χ4v) is 1.21. The zero-order valence-corrected chi connectivity index (χ0v) is 8.97. The lowest BCUT2D eigenvalue weighted by atomic mass is 10.3. The number of terminal acetylenes is 1. The van der Waals surface area contributed by atoms with E-state index in [2.05, 4.69) is 30.0 Å². The van der Waals surface area contributed by atoms with Crippen LogP contribution in [0.25, 0.3) is 0 Å². The quantitative estimate of drug-likeness (QED) is 0.450. The molecule has 0 fully saturated rings. The van der Waals surface area contributed by atoms with Crippen molar-refractivity contribution in [3.63, 3.8) is 0 Å². The molecule has 1 N–H and O–H groups in total. The molecule has 76 valence electrons. The van der Waals surface area contributed by atoms with Crippen LogP contribution in [0.5, 0.6) is 0 Å². The molecular weight excluding hydrogens is 160 g/mol. The average Bonchev–Trinajstić information content (AvgIpc) is 2.17. The number of nitrogens with one attached hydrogen (secondary N) is 1. The summed E-state index contributed by atoms with van der Waals surface area (Å²) in [6.07, 6.45) is 7.70. The summed E-state index contributed by atoms with van der Waals surface area (Å²) in [5.74, 6) is 2.57. The van der Waals surface area contributed by atoms with Crippen molar-refractivity contribution < 1.29 is 0 Å². The van der Waals surface area contributed by atoms with Gasteiger partial charge in [0, 0.05) is 13.1 Å². The third-order valence-corrected chi connectivity index (χ3v) is 2.11. The van der Waals surface area contributed by atoms with Crippen molar-refractivity contribution in [2.24, 2.45) is 0 Å². The molecule has 0 atom stereocenters. The molecule has 0 aliphatic rings. The molecule has 0 amide bonds. The molecule has 2 nitrogen and oxygen atoms in total. The van der Waals surface area contributed by atoms with E-state index in [0.29, 0.717) is 6.54 Å². The van der Waals surface area contributed by atoms with E-state index in [0.717, 1.165) is 19.6 Å². The Morgan fingerprint density at radius 2 is 2.08 bits per heavy atom. The number of rotatable bonds is 8. The van der Waals surface area contributed by atoms with Crippen molar-refractivity contribution in [2.75, 3.05) is 32.7 Å². The molecule has 0 aromatic heterocycles. The Balaban J connectivity index is 3.32. The van der Waals surface area contributed by atoms with Gasteiger partial charge in [0.15, 0.2) is 0 Å². The Labute approximate surface area is 82.7 Å². The van der Waals surface area contributed by atoms with E-state index >= 15 is 0 Å². The smallest absolute Gasteiger partial charge is 0.0574 e. The number of likely N-dealkylation sites (N-methyl/N-ethyl adjacent to an activating group) is 1. The third kappa shape index (κ3) is 7.83. The summed E-state index contributed by atoms with van der Waals surface area (Å²) in [5, 5.41) is 3.20. The molecule has 0 aliphatic heterocycles. The van der Waals surface area contributed by atoms with Crippen LogP contribution in [-0.2, 0) is 0 Å². The highest BCUT2D eigenvalue weighted by molar-refractivity contribution is 4.86. The maximum Gasteiger partial charge on any atom is 0.0574 e. The molecule has 0 saturated heterocycles. The first-order chi connectivity index (χ1) is 6.35. The van der Waals surface area contributed by atoms with Gasteiger partial charge >= 0.3 is 0 Å². The Bertz CT molecular complexity index is 138. The SMILES string of the molecule is C#CCNCCN(CC)CCCC. The molecule has 0 bridgehead atoms. The van der Waals surface area contributed by atoms with Crippen LogP contribution in [0.15, 0.2) is 0 Å². The van der Waals surface area contributed by atoms with Crippen LogP contribution < -0.4 is 5.32 Å². The van der Waals surface area contributed by atoms with Gasteiger partial charge < -0.3 is 10.2 Å². The molecule has 0 unspecified atom stereocenters. The van der Waals surface area contributed by atoms with Gasteiger partial charge in [0.1, 0.15) is 0 Å². The molecule has 13 heavy (non-hydrogen) atoms. The highest BCUT2D eigenvalue weighted by Crippen LogP contribution is 1.93. The number of hydrogen-bond donors (Lipinski definition) is 1. The van der Waals surface area contributed by atoms with Gasteiger partial charge in [-0.25, -0.2) is 0 Å². The van der Waals surface area contributed by atoms with Crippen molar-refractivity contribution in [3.8, 4) is 12.3 Å². The lowest BCUT2D eigenvalue weighted by Gasteiger charge is -2.19. The van der Waals surface area contributed by atoms with Crippen molar-refractivity contribution in [3.05, 3.63) is 0 Å². The topological polar surface area (TPSA) is 15.3 Å². The molecule has 0 spiro atoms. The summed E-state index contributed by atoms with van der Waals surface area (Å²) in [4.78, 5) is 2.45. The Kier molecular flexibility index (Phi) is 9.18. The molecule has 2 heteroatoms. The zero-order valence-electron chi connectivity index (χ0n) is 8.97. The van der Waals surface area contributed by atoms with E-state index in [1.165, 1.54) is 19.4 Å². The van der Waals surface area contributed by atoms with Crippen LogP contribution in [0.2, 0.25) is 0 Å². The first-order valence-electron chi connectivity index (χ1n) is 5.21. The summed E-state index contributed by atoms with van der Waals surface area (Å²) in [6, 6.07) is 0. The van der Waals surface area contributed by atoms with E-state index in [4.69, 9.17) is 6.42 Å². The fraction of sp³-hybridized carbons (Fsp3) is 0.818. The fourth-order valence-electron chi connectivity index (χ4n) is 1.21. The van der Waals surface area contributed by atoms with Gasteiger partial charge in [0.25, 0.3) is 0 Å². The lowest BCUT2D eigenvalue weighted by molar-refractivity contribution is 0.284. The van der Waals surface area contributed by atoms with E-state index in [-0.39, 0.29) is 0 Å². The number of nitrogens with zero attached hydrogens (tertiary/aromatic N) is 1. The van der Waals surface area contributed by atoms with Crippen LogP contribution >= 0.6 is 0 Å². The molecule has 0 aromatic rings. The van der Waals surface area contributed by atoms with Crippen molar-refractivity contribution in [1.29, 1.82) is 0 Å². The minimum Gasteiger partial charge on any atom is -0.305 e. The van der Waals surface area contributed by atoms with E-state index in [1.807, 2.05) is 0 Å². The summed E-state index contributed by atoms with van der Waals surface area (Å²) < 4.78 is 0. The standard InChI is InChI=1S/C11H22N2/c1-4-7-10-13(6-3)11-9-12-8-5-2/h2,12H,4,6-11H2,1,3H3. The van der Waals surface area contributed by atoms with Gasteiger partial charge in [-0.15, -0.1) is 6.42 Å². The van der Waals surface area contributed by atoms with Crippen LogP contribution in [0.3, 0.4) is 0 Å². The second kappa shape index (κ2) is 9.57. The van der Waals surface area contributed by atoms with Gasteiger partial charge in [0.2, 0.25) is 0 Å². The summed E-state index contributed by atoms with van der Waals surface area (Å²) in [7, 11) is 0. The van der Waals surface area contributed by atoms with Crippen LogP contribution in [0.1, 0.15) is 26.7 Å². The van der Waals surface area contributed by atoms with Gasteiger partial charge in [0.05, 0.1) is 6.54 Å². The highest BCUT2D eigenvalue weighted by Gasteiger charge is 1.99. The summed E-state index contributed by atoms with van der Waals surface area (Å²) in [5.41, 5.74) is 0. The lowest BCUT2D eigenvalue weighted by Crippen LogP contribution is -2.32. The maximum atomic E-state index is 5.13. The first-order valence-corrected chi connectivity index (χ1v) is 5.21. The molecule has 0 saturated carbocycles. The summed E-state index contributed by atoms with van der Waals surface area (Å²) >= 11 is 0. The largest absolute Gasteiger partial charge is 0.305 e. The van der Waals surface area contributed by atoms with Crippen LogP contribution in [0, 0.1) is 12.3 Å². The van der Waals surface area contributed by atoms with Crippen LogP contribution in [-0.4, -0.2) is 37.6 Å². The molecule has 0 heterocycles. The predicted octanol–water partition coefficient (Wildman–Crippen LogP) is 1.33. The number of unbranched alkanes of at least 4 members (excludes halogenated alkanes) is 1. The molecule has 0 aromatic carbocycles. The average molecular weight is 182 g/mol. The monoisotopic (exact) mass is 182 g/mol. The van der Waals surface area contributed by atoms with E-state index in [9.17, 15) is 0 Å². The van der Waals surface area contributed by atoms with Gasteiger partial charge in [-0.1, -0.05) is 26.2 Å². The second-order valence-corrected chi connectivity index (χ2v) is 3.17. The Hall–Kier alpha value is -0.520. The minimum atomic E-state index is 0.686. The van der Waals surface area contributed by atoms with E-state index < -0.39 is 0 Å². The molecule has 0 aliphatic carbocycles. The predicted molar refractivity (Wildman–Crippen MR) is 58.7 cm³/mol. The van der Waals surface area contributed by atoms with Gasteiger partial charge in [-0.05, 0) is 19.5 Å². The van der Waals surface area contributed by atoms with Crippen molar-refractivity contribution >= 4 is 0 Å². The molecule has 0 radical (unpaired) electrons. The summed E-state index contributed by atoms with van der Waals surface area (Å²) in [6.45, 7) is 9.58. The maximum absolute atomic E-state index is 5.13.